The number of carbonyl (C=O) groups excluding carboxylic acids is 1. The second kappa shape index (κ2) is 6.90. The van der Waals surface area contributed by atoms with Crippen LogP contribution >= 0.6 is 0 Å². The number of nitrogens with one attached hydrogen (secondary N) is 2. The standard InChI is InChI=1S/C12H20N4O2/c1-8-9(2)15-11(7-14-8)16-10(3)12(17)13-5-6-18-4/h7,10H,5-6H2,1-4H3,(H,13,17)(H,15,16). The molecule has 18 heavy (non-hydrogen) atoms. The minimum Gasteiger partial charge on any atom is -0.383 e. The molecule has 0 saturated carbocycles. The second-order valence-electron chi connectivity index (χ2n) is 4.08. The van der Waals surface area contributed by atoms with Gasteiger partial charge in [-0.2, -0.15) is 0 Å². The van der Waals surface area contributed by atoms with Crippen molar-refractivity contribution in [2.24, 2.45) is 0 Å². The first-order valence-electron chi connectivity index (χ1n) is 5.88. The van der Waals surface area contributed by atoms with Crippen LogP contribution in [0.1, 0.15) is 18.3 Å². The van der Waals surface area contributed by atoms with Gasteiger partial charge in [0.15, 0.2) is 0 Å². The van der Waals surface area contributed by atoms with Crippen molar-refractivity contribution < 1.29 is 9.53 Å². The van der Waals surface area contributed by atoms with Gasteiger partial charge in [0.05, 0.1) is 24.2 Å². The highest BCUT2D eigenvalue weighted by molar-refractivity contribution is 5.83. The lowest BCUT2D eigenvalue weighted by atomic mass is 10.3. The number of aryl methyl sites for hydroxylation is 2. The molecule has 0 fully saturated rings. The molecule has 1 heterocycles. The Morgan fingerprint density at radius 3 is 2.78 bits per heavy atom. The minimum absolute atomic E-state index is 0.0907. The van der Waals surface area contributed by atoms with E-state index in [-0.39, 0.29) is 11.9 Å². The maximum Gasteiger partial charge on any atom is 0.242 e. The van der Waals surface area contributed by atoms with Gasteiger partial charge in [-0.1, -0.05) is 0 Å². The number of ether oxygens (including phenoxy) is 1. The predicted molar refractivity (Wildman–Crippen MR) is 69.5 cm³/mol. The molecule has 1 aromatic heterocycles. The number of hydrogen-bond donors (Lipinski definition) is 2. The third-order valence-electron chi connectivity index (χ3n) is 2.56. The normalized spacial score (nSPS) is 12.0. The molecule has 0 saturated heterocycles. The Morgan fingerprint density at radius 2 is 2.17 bits per heavy atom. The molecular weight excluding hydrogens is 232 g/mol. The lowest BCUT2D eigenvalue weighted by molar-refractivity contribution is -0.121. The quantitative estimate of drug-likeness (QED) is 0.727. The summed E-state index contributed by atoms with van der Waals surface area (Å²) < 4.78 is 4.86. The summed E-state index contributed by atoms with van der Waals surface area (Å²) in [6.07, 6.45) is 1.63. The summed E-state index contributed by atoms with van der Waals surface area (Å²) in [6.45, 7) is 6.56. The first-order valence-corrected chi connectivity index (χ1v) is 5.88. The van der Waals surface area contributed by atoms with Gasteiger partial charge < -0.3 is 15.4 Å². The van der Waals surface area contributed by atoms with Crippen LogP contribution in [0.25, 0.3) is 0 Å². The molecule has 0 aliphatic rings. The van der Waals surface area contributed by atoms with Crippen LogP contribution in [0.4, 0.5) is 5.82 Å². The average Bonchev–Trinajstić information content (AvgIpc) is 2.34. The van der Waals surface area contributed by atoms with Crippen molar-refractivity contribution in [1.82, 2.24) is 15.3 Å². The van der Waals surface area contributed by atoms with Crippen molar-refractivity contribution >= 4 is 11.7 Å². The lowest BCUT2D eigenvalue weighted by Crippen LogP contribution is -2.39. The van der Waals surface area contributed by atoms with Crippen molar-refractivity contribution in [3.8, 4) is 0 Å². The Kier molecular flexibility index (Phi) is 5.51. The zero-order valence-corrected chi connectivity index (χ0v) is 11.3. The van der Waals surface area contributed by atoms with E-state index >= 15 is 0 Å². The van der Waals surface area contributed by atoms with Gasteiger partial charge in [-0.25, -0.2) is 4.98 Å². The summed E-state index contributed by atoms with van der Waals surface area (Å²) in [5.41, 5.74) is 1.74. The fraction of sp³-hybridized carbons (Fsp3) is 0.583. The van der Waals surface area contributed by atoms with Gasteiger partial charge in [0.1, 0.15) is 11.9 Å². The first kappa shape index (κ1) is 14.4. The van der Waals surface area contributed by atoms with Crippen LogP contribution in [-0.4, -0.2) is 42.2 Å². The zero-order chi connectivity index (χ0) is 13.5. The number of carbonyl (C=O) groups is 1. The van der Waals surface area contributed by atoms with Gasteiger partial charge >= 0.3 is 0 Å². The molecule has 0 spiro atoms. The van der Waals surface area contributed by atoms with Crippen molar-refractivity contribution in [1.29, 1.82) is 0 Å². The maximum absolute atomic E-state index is 11.7. The van der Waals surface area contributed by atoms with Crippen LogP contribution in [0.3, 0.4) is 0 Å². The molecule has 2 N–H and O–H groups in total. The fourth-order valence-electron chi connectivity index (χ4n) is 1.33. The van der Waals surface area contributed by atoms with Gasteiger partial charge in [-0.05, 0) is 20.8 Å². The summed E-state index contributed by atoms with van der Waals surface area (Å²) in [4.78, 5) is 20.2. The van der Waals surface area contributed by atoms with Crippen molar-refractivity contribution in [3.63, 3.8) is 0 Å². The van der Waals surface area contributed by atoms with Gasteiger partial charge in [0.2, 0.25) is 5.91 Å². The van der Waals surface area contributed by atoms with E-state index in [2.05, 4.69) is 20.6 Å². The molecule has 0 radical (unpaired) electrons. The number of aromatic nitrogens is 2. The highest BCUT2D eigenvalue weighted by Crippen LogP contribution is 2.06. The van der Waals surface area contributed by atoms with Gasteiger partial charge in [-0.3, -0.25) is 9.78 Å². The summed E-state index contributed by atoms with van der Waals surface area (Å²) in [6, 6.07) is -0.363. The predicted octanol–water partition coefficient (Wildman–Crippen LogP) is 0.656. The Bertz CT molecular complexity index is 409. The number of rotatable bonds is 6. The molecule has 1 atom stereocenters. The van der Waals surface area contributed by atoms with Crippen molar-refractivity contribution in [3.05, 3.63) is 17.6 Å². The van der Waals surface area contributed by atoms with Crippen molar-refractivity contribution in [2.75, 3.05) is 25.6 Å². The summed E-state index contributed by atoms with van der Waals surface area (Å²) in [5, 5.41) is 5.77. The average molecular weight is 252 g/mol. The number of hydrogen-bond acceptors (Lipinski definition) is 5. The van der Waals surface area contributed by atoms with E-state index in [4.69, 9.17) is 4.74 Å². The number of amides is 1. The largest absolute Gasteiger partial charge is 0.383 e. The third-order valence-corrected chi connectivity index (χ3v) is 2.56. The van der Waals surface area contributed by atoms with E-state index in [0.29, 0.717) is 19.0 Å². The number of methoxy groups -OCH3 is 1. The molecule has 1 amide bonds. The summed E-state index contributed by atoms with van der Waals surface area (Å²) in [7, 11) is 1.60. The van der Waals surface area contributed by atoms with E-state index in [1.807, 2.05) is 13.8 Å². The minimum atomic E-state index is -0.363. The topological polar surface area (TPSA) is 76.1 Å². The van der Waals surface area contributed by atoms with Crippen molar-refractivity contribution in [2.45, 2.75) is 26.8 Å². The SMILES string of the molecule is COCCNC(=O)C(C)Nc1cnc(C)c(C)n1. The van der Waals surface area contributed by atoms with Gasteiger partial charge in [0, 0.05) is 13.7 Å². The van der Waals surface area contributed by atoms with E-state index in [1.165, 1.54) is 0 Å². The maximum atomic E-state index is 11.7. The Hall–Kier alpha value is -1.69. The fourth-order valence-corrected chi connectivity index (χ4v) is 1.33. The van der Waals surface area contributed by atoms with Crippen LogP contribution in [-0.2, 0) is 9.53 Å². The second-order valence-corrected chi connectivity index (χ2v) is 4.08. The summed E-state index contributed by atoms with van der Waals surface area (Å²) >= 11 is 0. The number of nitrogens with zero attached hydrogens (tertiary/aromatic N) is 2. The van der Waals surface area contributed by atoms with E-state index < -0.39 is 0 Å². The first-order chi connectivity index (χ1) is 8.54. The number of anilines is 1. The van der Waals surface area contributed by atoms with Crippen LogP contribution in [0.15, 0.2) is 6.20 Å². The third kappa shape index (κ3) is 4.29. The Labute approximate surface area is 107 Å². The molecule has 0 aliphatic heterocycles. The van der Waals surface area contributed by atoms with E-state index in [1.54, 1.807) is 20.2 Å². The molecule has 6 nitrogen and oxygen atoms in total. The monoisotopic (exact) mass is 252 g/mol. The molecule has 1 rings (SSSR count). The molecule has 6 heteroatoms. The van der Waals surface area contributed by atoms with Gasteiger partial charge in [-0.15, -0.1) is 0 Å². The molecule has 0 bridgehead atoms. The molecule has 0 aromatic carbocycles. The molecule has 1 unspecified atom stereocenters. The van der Waals surface area contributed by atoms with Crippen LogP contribution in [0, 0.1) is 13.8 Å². The highest BCUT2D eigenvalue weighted by Gasteiger charge is 2.12. The molecule has 100 valence electrons. The van der Waals surface area contributed by atoms with Crippen LogP contribution < -0.4 is 10.6 Å². The molecule has 1 aromatic rings. The van der Waals surface area contributed by atoms with E-state index in [9.17, 15) is 4.79 Å². The highest BCUT2D eigenvalue weighted by atomic mass is 16.5. The zero-order valence-electron chi connectivity index (χ0n) is 11.3. The van der Waals surface area contributed by atoms with Crippen LogP contribution in [0.5, 0.6) is 0 Å². The van der Waals surface area contributed by atoms with Gasteiger partial charge in [0.25, 0.3) is 0 Å². The smallest absolute Gasteiger partial charge is 0.242 e. The summed E-state index contributed by atoms with van der Waals surface area (Å²) in [5.74, 6) is 0.513. The lowest BCUT2D eigenvalue weighted by Gasteiger charge is -2.14. The molecule has 0 aliphatic carbocycles. The Balaban J connectivity index is 2.50. The van der Waals surface area contributed by atoms with E-state index in [0.717, 1.165) is 11.4 Å². The Morgan fingerprint density at radius 1 is 1.44 bits per heavy atom. The molecular formula is C12H20N4O2. The van der Waals surface area contributed by atoms with Crippen LogP contribution in [0.2, 0.25) is 0 Å².